The maximum Gasteiger partial charge on any atom is 0.471 e. The number of nitrogens with one attached hydrogen (secondary N) is 3. The summed E-state index contributed by atoms with van der Waals surface area (Å²) in [5.74, 6) is -4.01. The van der Waals surface area contributed by atoms with Crippen molar-refractivity contribution in [3.63, 3.8) is 0 Å². The second-order valence-corrected chi connectivity index (χ2v) is 11.6. The summed E-state index contributed by atoms with van der Waals surface area (Å²) < 4.78 is 38.9. The number of likely N-dealkylation sites (tertiary alicyclic amines) is 1. The molecule has 0 bridgehead atoms. The number of nitrogens with zero attached hydrogens (tertiary/aromatic N) is 2. The van der Waals surface area contributed by atoms with Crippen LogP contribution in [-0.4, -0.2) is 65.4 Å². The smallest absolute Gasteiger partial charge is 0.353 e. The van der Waals surface area contributed by atoms with Gasteiger partial charge in [-0.2, -0.15) is 18.4 Å². The van der Waals surface area contributed by atoms with Crippen LogP contribution in [0.4, 0.5) is 13.2 Å². The van der Waals surface area contributed by atoms with Crippen LogP contribution in [0.2, 0.25) is 0 Å². The van der Waals surface area contributed by atoms with E-state index in [1.807, 2.05) is 11.4 Å². The summed E-state index contributed by atoms with van der Waals surface area (Å²) in [6.45, 7) is 4.83. The topological polar surface area (TPSA) is 131 Å². The van der Waals surface area contributed by atoms with Gasteiger partial charge in [0.25, 0.3) is 0 Å². The number of carbonyl (C=O) groups excluding carboxylic acids is 4. The summed E-state index contributed by atoms with van der Waals surface area (Å²) >= 11 is 0. The van der Waals surface area contributed by atoms with E-state index in [1.165, 1.54) is 4.90 Å². The number of fused-ring (bicyclic) bond motifs is 2. The van der Waals surface area contributed by atoms with E-state index in [2.05, 4.69) is 10.6 Å². The number of piperidine rings is 1. The van der Waals surface area contributed by atoms with Crippen molar-refractivity contribution in [2.75, 3.05) is 6.54 Å². The fraction of sp³-hybridized carbons (Fsp3) is 0.792. The molecule has 9 nitrogen and oxygen atoms in total. The molecule has 0 spiro atoms. The summed E-state index contributed by atoms with van der Waals surface area (Å²) in [5.41, 5.74) is -1.05. The van der Waals surface area contributed by atoms with Gasteiger partial charge in [-0.3, -0.25) is 19.2 Å². The lowest BCUT2D eigenvalue weighted by atomic mass is 9.85. The third-order valence-electron chi connectivity index (χ3n) is 8.07. The first kappa shape index (κ1) is 26.2. The number of rotatable bonds is 6. The van der Waals surface area contributed by atoms with Crippen LogP contribution in [0.15, 0.2) is 0 Å². The van der Waals surface area contributed by atoms with Crippen molar-refractivity contribution >= 4 is 23.6 Å². The Balaban J connectivity index is 1.52. The minimum Gasteiger partial charge on any atom is -0.353 e. The van der Waals surface area contributed by atoms with Gasteiger partial charge in [0.05, 0.1) is 6.07 Å². The van der Waals surface area contributed by atoms with Gasteiger partial charge in [-0.05, 0) is 48.9 Å². The highest BCUT2D eigenvalue weighted by Gasteiger charge is 2.55. The average molecular weight is 512 g/mol. The van der Waals surface area contributed by atoms with Crippen LogP contribution in [0.5, 0.6) is 0 Å². The quantitative estimate of drug-likeness (QED) is 0.494. The number of alkyl halides is 3. The van der Waals surface area contributed by atoms with Gasteiger partial charge in [-0.15, -0.1) is 0 Å². The zero-order chi connectivity index (χ0) is 26.6. The third kappa shape index (κ3) is 5.02. The zero-order valence-electron chi connectivity index (χ0n) is 20.5. The number of hydrogen-bond donors (Lipinski definition) is 3. The zero-order valence-corrected chi connectivity index (χ0v) is 20.5. The van der Waals surface area contributed by atoms with Crippen LogP contribution in [-0.2, 0) is 19.2 Å². The Kier molecular flexibility index (Phi) is 6.73. The summed E-state index contributed by atoms with van der Waals surface area (Å²) in [6, 6.07) is -1.22. The van der Waals surface area contributed by atoms with E-state index in [1.54, 1.807) is 20.8 Å². The molecule has 4 fully saturated rings. The Morgan fingerprint density at radius 3 is 2.42 bits per heavy atom. The fourth-order valence-electron chi connectivity index (χ4n) is 6.14. The SMILES string of the molecule is CC(C)(C)[C@H](NC(=O)C(F)(F)F)C(=O)N1C[C@@H]2CCC[C@@H]2[C@H]1C(=O)N[C@H](C#N)C[C@H]1C(=O)N[C@H]2C[C@H]21. The van der Waals surface area contributed by atoms with Crippen LogP contribution in [0.25, 0.3) is 0 Å². The molecule has 12 heteroatoms. The summed E-state index contributed by atoms with van der Waals surface area (Å²) in [7, 11) is 0. The maximum atomic E-state index is 13.6. The van der Waals surface area contributed by atoms with E-state index in [-0.39, 0.29) is 48.6 Å². The first-order valence-corrected chi connectivity index (χ1v) is 12.4. The van der Waals surface area contributed by atoms with Crippen LogP contribution in [0, 0.1) is 40.4 Å². The molecule has 36 heavy (non-hydrogen) atoms. The van der Waals surface area contributed by atoms with Crippen molar-refractivity contribution in [1.29, 1.82) is 5.26 Å². The molecule has 2 saturated carbocycles. The van der Waals surface area contributed by atoms with E-state index < -0.39 is 47.4 Å². The van der Waals surface area contributed by atoms with Gasteiger partial charge in [-0.1, -0.05) is 27.2 Å². The standard InChI is InChI=1S/C24H32F3N5O4/c1-23(2,3)18(31-22(36)24(25,26)27)21(35)32-10-11-5-4-6-13(11)17(32)20(34)29-12(9-28)7-15-14-8-16(14)30-19(15)33/h11-18H,4-8,10H2,1-3H3,(H,29,34)(H,30,33)(H,31,36)/t11-,12-,13-,14-,15+,16-,17-,18+/m0/s1. The van der Waals surface area contributed by atoms with Crippen LogP contribution >= 0.6 is 0 Å². The highest BCUT2D eigenvalue weighted by molar-refractivity contribution is 5.94. The number of nitriles is 1. The normalized spacial score (nSPS) is 32.6. The van der Waals surface area contributed by atoms with E-state index in [9.17, 15) is 37.6 Å². The molecule has 0 aromatic carbocycles. The van der Waals surface area contributed by atoms with Crippen molar-refractivity contribution in [1.82, 2.24) is 20.9 Å². The molecule has 4 aliphatic rings. The molecule has 198 valence electrons. The van der Waals surface area contributed by atoms with Gasteiger partial charge in [0.2, 0.25) is 17.7 Å². The van der Waals surface area contributed by atoms with Gasteiger partial charge in [0, 0.05) is 18.5 Å². The Labute approximate surface area is 207 Å². The minimum atomic E-state index is -5.16. The molecule has 2 aliphatic carbocycles. The number of halogens is 3. The Morgan fingerprint density at radius 1 is 1.17 bits per heavy atom. The van der Waals surface area contributed by atoms with Crippen molar-refractivity contribution in [2.24, 2.45) is 29.1 Å². The van der Waals surface area contributed by atoms with E-state index in [4.69, 9.17) is 0 Å². The Bertz CT molecular complexity index is 988. The monoisotopic (exact) mass is 511 g/mol. The van der Waals surface area contributed by atoms with Crippen LogP contribution in [0.1, 0.15) is 52.9 Å². The molecule has 4 rings (SSSR count). The molecule has 3 N–H and O–H groups in total. The Hall–Kier alpha value is -2.84. The molecule has 2 heterocycles. The Morgan fingerprint density at radius 2 is 1.86 bits per heavy atom. The predicted molar refractivity (Wildman–Crippen MR) is 119 cm³/mol. The van der Waals surface area contributed by atoms with Crippen LogP contribution < -0.4 is 16.0 Å². The van der Waals surface area contributed by atoms with E-state index >= 15 is 0 Å². The summed E-state index contributed by atoms with van der Waals surface area (Å²) in [5, 5.41) is 17.0. The minimum absolute atomic E-state index is 0.0111. The summed E-state index contributed by atoms with van der Waals surface area (Å²) in [4.78, 5) is 52.1. The number of carbonyl (C=O) groups is 4. The van der Waals surface area contributed by atoms with Gasteiger partial charge >= 0.3 is 12.1 Å². The number of amides is 4. The van der Waals surface area contributed by atoms with Crippen molar-refractivity contribution in [3.05, 3.63) is 0 Å². The van der Waals surface area contributed by atoms with Crippen molar-refractivity contribution < 1.29 is 32.3 Å². The maximum absolute atomic E-state index is 13.6. The molecule has 4 amide bonds. The molecule has 0 radical (unpaired) electrons. The highest BCUT2D eigenvalue weighted by atomic mass is 19.4. The van der Waals surface area contributed by atoms with Gasteiger partial charge < -0.3 is 20.9 Å². The lowest BCUT2D eigenvalue weighted by Gasteiger charge is -2.36. The molecular formula is C24H32F3N5O4. The number of hydrogen-bond acceptors (Lipinski definition) is 5. The largest absolute Gasteiger partial charge is 0.471 e. The summed E-state index contributed by atoms with van der Waals surface area (Å²) in [6.07, 6.45) is -1.82. The van der Waals surface area contributed by atoms with Crippen molar-refractivity contribution in [2.45, 2.75) is 83.2 Å². The van der Waals surface area contributed by atoms with E-state index in [0.717, 1.165) is 19.3 Å². The lowest BCUT2D eigenvalue weighted by molar-refractivity contribution is -0.176. The molecule has 2 saturated heterocycles. The third-order valence-corrected chi connectivity index (χ3v) is 8.07. The van der Waals surface area contributed by atoms with Crippen molar-refractivity contribution in [3.8, 4) is 6.07 Å². The predicted octanol–water partition coefficient (Wildman–Crippen LogP) is 1.24. The first-order valence-electron chi connectivity index (χ1n) is 12.4. The molecule has 0 aromatic rings. The molecule has 2 aliphatic heterocycles. The fourth-order valence-corrected chi connectivity index (χ4v) is 6.14. The van der Waals surface area contributed by atoms with Crippen LogP contribution in [0.3, 0.4) is 0 Å². The second kappa shape index (κ2) is 9.23. The lowest BCUT2D eigenvalue weighted by Crippen LogP contribution is -2.60. The first-order chi connectivity index (χ1) is 16.7. The van der Waals surface area contributed by atoms with Gasteiger partial charge in [0.1, 0.15) is 18.1 Å². The average Bonchev–Trinajstić information content (AvgIpc) is 3.08. The highest BCUT2D eigenvalue weighted by Crippen LogP contribution is 2.45. The second-order valence-electron chi connectivity index (χ2n) is 11.6. The molecule has 0 unspecified atom stereocenters. The molecular weight excluding hydrogens is 479 g/mol. The molecule has 0 aromatic heterocycles. The molecule has 8 atom stereocenters. The van der Waals surface area contributed by atoms with Gasteiger partial charge in [0.15, 0.2) is 0 Å². The van der Waals surface area contributed by atoms with Gasteiger partial charge in [-0.25, -0.2) is 0 Å². The van der Waals surface area contributed by atoms with E-state index in [0.29, 0.717) is 6.42 Å².